The lowest BCUT2D eigenvalue weighted by molar-refractivity contribution is 0.0706. The van der Waals surface area contributed by atoms with Crippen LogP contribution >= 0.6 is 0 Å². The molecule has 0 bridgehead atoms. The van der Waals surface area contributed by atoms with Crippen LogP contribution in [0.15, 0.2) is 83.8 Å². The van der Waals surface area contributed by atoms with Crippen LogP contribution in [0.5, 0.6) is 5.75 Å². The Labute approximate surface area is 161 Å². The topological polar surface area (TPSA) is 87.6 Å². The number of rotatable bonds is 5. The van der Waals surface area contributed by atoms with E-state index in [-0.39, 0.29) is 5.75 Å². The molecule has 3 N–H and O–H groups in total. The minimum absolute atomic E-state index is 0.227. The van der Waals surface area contributed by atoms with E-state index in [1.165, 1.54) is 0 Å². The molecule has 28 heavy (non-hydrogen) atoms. The fraction of sp³-hybridized carbons (Fsp3) is 0.0455. The Bertz CT molecular complexity index is 1080. The van der Waals surface area contributed by atoms with E-state index in [0.29, 0.717) is 12.1 Å². The summed E-state index contributed by atoms with van der Waals surface area (Å²) in [5.41, 5.74) is 7.00. The second-order valence-electron chi connectivity index (χ2n) is 6.44. The molecule has 1 amide bonds. The maximum absolute atomic E-state index is 11.5. The third kappa shape index (κ3) is 3.54. The average Bonchev–Trinajstić information content (AvgIpc) is 3.38. The molecule has 6 heteroatoms. The smallest absolute Gasteiger partial charge is 0.274 e. The number of carbonyl (C=O) groups is 1. The second kappa shape index (κ2) is 7.46. The van der Waals surface area contributed by atoms with Gasteiger partial charge >= 0.3 is 0 Å². The van der Waals surface area contributed by atoms with Crippen LogP contribution < -0.4 is 5.48 Å². The minimum atomic E-state index is -0.541. The van der Waals surface area contributed by atoms with Crippen molar-refractivity contribution in [3.05, 3.63) is 90.5 Å². The summed E-state index contributed by atoms with van der Waals surface area (Å²) in [5, 5.41) is 18.3. The van der Waals surface area contributed by atoms with Crippen LogP contribution in [-0.2, 0) is 6.54 Å². The summed E-state index contributed by atoms with van der Waals surface area (Å²) < 4.78 is 7.35. The van der Waals surface area contributed by atoms with E-state index in [4.69, 9.17) is 9.62 Å². The third-order valence-electron chi connectivity index (χ3n) is 4.58. The predicted octanol–water partition coefficient (Wildman–Crippen LogP) is 4.29. The average molecular weight is 374 g/mol. The van der Waals surface area contributed by atoms with E-state index >= 15 is 0 Å². The van der Waals surface area contributed by atoms with Gasteiger partial charge in [-0.05, 0) is 53.1 Å². The van der Waals surface area contributed by atoms with Gasteiger partial charge in [-0.3, -0.25) is 10.0 Å². The van der Waals surface area contributed by atoms with Crippen LogP contribution in [0.3, 0.4) is 0 Å². The highest BCUT2D eigenvalue weighted by Gasteiger charge is 2.12. The standard InChI is InChI=1S/C22H18N2O4/c25-20-7-5-16(6-8-20)19-11-21(18-9-10-28-14-18)24(13-19)12-15-1-3-17(4-2-15)22(26)23-27/h1-11,13-14,25,27H,12H2,(H,23,26). The number of hydroxylamine groups is 1. The normalized spacial score (nSPS) is 10.8. The Morgan fingerprint density at radius 1 is 0.964 bits per heavy atom. The van der Waals surface area contributed by atoms with Gasteiger partial charge in [-0.2, -0.15) is 0 Å². The number of carbonyl (C=O) groups excluding carboxylic acids is 1. The molecule has 0 aliphatic heterocycles. The van der Waals surface area contributed by atoms with Gasteiger partial charge in [0.1, 0.15) is 5.75 Å². The Hall–Kier alpha value is -3.77. The zero-order valence-corrected chi connectivity index (χ0v) is 14.9. The van der Waals surface area contributed by atoms with Gasteiger partial charge in [0.05, 0.1) is 18.2 Å². The number of furan rings is 1. The number of hydrogen-bond acceptors (Lipinski definition) is 4. The summed E-state index contributed by atoms with van der Waals surface area (Å²) in [4.78, 5) is 11.5. The molecule has 6 nitrogen and oxygen atoms in total. The van der Waals surface area contributed by atoms with E-state index < -0.39 is 5.91 Å². The van der Waals surface area contributed by atoms with Crippen molar-refractivity contribution in [2.45, 2.75) is 6.54 Å². The maximum Gasteiger partial charge on any atom is 0.274 e. The molecule has 0 spiro atoms. The van der Waals surface area contributed by atoms with Crippen molar-refractivity contribution in [3.63, 3.8) is 0 Å². The van der Waals surface area contributed by atoms with Crippen molar-refractivity contribution < 1.29 is 19.5 Å². The molecular weight excluding hydrogens is 356 g/mol. The summed E-state index contributed by atoms with van der Waals surface area (Å²) in [6.07, 6.45) is 5.37. The molecule has 0 saturated heterocycles. The van der Waals surface area contributed by atoms with Crippen molar-refractivity contribution in [2.24, 2.45) is 0 Å². The van der Waals surface area contributed by atoms with Crippen molar-refractivity contribution >= 4 is 5.91 Å². The highest BCUT2D eigenvalue weighted by molar-refractivity contribution is 5.93. The molecule has 2 heterocycles. The number of amides is 1. The maximum atomic E-state index is 11.5. The number of aromatic hydroxyl groups is 1. The first-order valence-corrected chi connectivity index (χ1v) is 8.69. The van der Waals surface area contributed by atoms with Crippen LogP contribution in [0.4, 0.5) is 0 Å². The van der Waals surface area contributed by atoms with Crippen LogP contribution in [0.1, 0.15) is 15.9 Å². The molecule has 2 aromatic carbocycles. The first kappa shape index (κ1) is 17.6. The highest BCUT2D eigenvalue weighted by atomic mass is 16.5. The molecule has 4 rings (SSSR count). The van der Waals surface area contributed by atoms with Gasteiger partial charge in [-0.25, -0.2) is 5.48 Å². The van der Waals surface area contributed by atoms with E-state index in [9.17, 15) is 9.90 Å². The number of phenolic OH excluding ortho intramolecular Hbond substituents is 1. The summed E-state index contributed by atoms with van der Waals surface area (Å²) in [5.74, 6) is -0.313. The fourth-order valence-corrected chi connectivity index (χ4v) is 3.13. The van der Waals surface area contributed by atoms with E-state index in [1.807, 2.05) is 36.5 Å². The quantitative estimate of drug-likeness (QED) is 0.359. The molecule has 140 valence electrons. The molecule has 0 radical (unpaired) electrons. The van der Waals surface area contributed by atoms with Crippen LogP contribution in [0.25, 0.3) is 22.4 Å². The van der Waals surface area contributed by atoms with Crippen LogP contribution in [0.2, 0.25) is 0 Å². The van der Waals surface area contributed by atoms with Crippen molar-refractivity contribution in [1.29, 1.82) is 0 Å². The van der Waals surface area contributed by atoms with Crippen LogP contribution in [-0.4, -0.2) is 20.8 Å². The van der Waals surface area contributed by atoms with Gasteiger partial charge in [-0.1, -0.05) is 24.3 Å². The number of benzene rings is 2. The lowest BCUT2D eigenvalue weighted by Crippen LogP contribution is -2.18. The van der Waals surface area contributed by atoms with Gasteiger partial charge in [0.2, 0.25) is 0 Å². The first-order valence-electron chi connectivity index (χ1n) is 8.69. The molecule has 0 fully saturated rings. The summed E-state index contributed by atoms with van der Waals surface area (Å²) >= 11 is 0. The van der Waals surface area contributed by atoms with Gasteiger partial charge in [0, 0.05) is 23.9 Å². The largest absolute Gasteiger partial charge is 0.508 e. The zero-order valence-electron chi connectivity index (χ0n) is 14.9. The lowest BCUT2D eigenvalue weighted by Gasteiger charge is -2.09. The molecule has 0 atom stereocenters. The monoisotopic (exact) mass is 374 g/mol. The highest BCUT2D eigenvalue weighted by Crippen LogP contribution is 2.30. The summed E-state index contributed by atoms with van der Waals surface area (Å²) in [7, 11) is 0. The molecule has 0 unspecified atom stereocenters. The first-order chi connectivity index (χ1) is 13.6. The van der Waals surface area contributed by atoms with Gasteiger partial charge < -0.3 is 14.1 Å². The number of phenols is 1. The van der Waals surface area contributed by atoms with Crippen LogP contribution in [0, 0.1) is 0 Å². The zero-order chi connectivity index (χ0) is 19.5. The Balaban J connectivity index is 1.69. The Kier molecular flexibility index (Phi) is 4.70. The lowest BCUT2D eigenvalue weighted by atomic mass is 10.1. The number of nitrogens with zero attached hydrogens (tertiary/aromatic N) is 1. The molecule has 0 saturated carbocycles. The number of nitrogens with one attached hydrogen (secondary N) is 1. The Morgan fingerprint density at radius 3 is 2.36 bits per heavy atom. The second-order valence-corrected chi connectivity index (χ2v) is 6.44. The van der Waals surface area contributed by atoms with E-state index in [2.05, 4.69) is 10.6 Å². The van der Waals surface area contributed by atoms with E-state index in [0.717, 1.165) is 27.9 Å². The molecule has 2 aromatic heterocycles. The third-order valence-corrected chi connectivity index (χ3v) is 4.58. The molecule has 0 aliphatic carbocycles. The van der Waals surface area contributed by atoms with Gasteiger partial charge in [0.25, 0.3) is 5.91 Å². The van der Waals surface area contributed by atoms with Crippen molar-refractivity contribution in [1.82, 2.24) is 10.0 Å². The summed E-state index contributed by atoms with van der Waals surface area (Å²) in [6, 6.07) is 18.1. The van der Waals surface area contributed by atoms with Crippen molar-refractivity contribution in [2.75, 3.05) is 0 Å². The van der Waals surface area contributed by atoms with Crippen molar-refractivity contribution in [3.8, 4) is 28.1 Å². The number of hydrogen-bond donors (Lipinski definition) is 3. The van der Waals surface area contributed by atoms with E-state index in [1.54, 1.807) is 42.3 Å². The van der Waals surface area contributed by atoms with Gasteiger partial charge in [-0.15, -0.1) is 0 Å². The van der Waals surface area contributed by atoms with Gasteiger partial charge in [0.15, 0.2) is 0 Å². The molecule has 4 aromatic rings. The SMILES string of the molecule is O=C(NO)c1ccc(Cn2cc(-c3ccc(O)cc3)cc2-c2ccoc2)cc1. The minimum Gasteiger partial charge on any atom is -0.508 e. The fourth-order valence-electron chi connectivity index (χ4n) is 3.13. The predicted molar refractivity (Wildman–Crippen MR) is 104 cm³/mol. The molecular formula is C22H18N2O4. The Morgan fingerprint density at radius 2 is 1.71 bits per heavy atom. The molecule has 0 aliphatic rings. The number of aromatic nitrogens is 1. The summed E-state index contributed by atoms with van der Waals surface area (Å²) in [6.45, 7) is 0.597.